The highest BCUT2D eigenvalue weighted by Gasteiger charge is 2.13. The highest BCUT2D eigenvalue weighted by Crippen LogP contribution is 2.21. The van der Waals surface area contributed by atoms with E-state index in [4.69, 9.17) is 11.6 Å². The minimum Gasteiger partial charge on any atom is -0.310 e. The Morgan fingerprint density at radius 1 is 1.33 bits per heavy atom. The largest absolute Gasteiger partial charge is 0.310 e. The van der Waals surface area contributed by atoms with E-state index in [9.17, 15) is 0 Å². The molecule has 1 aromatic carbocycles. The number of rotatable bonds is 3. The van der Waals surface area contributed by atoms with E-state index in [2.05, 4.69) is 46.1 Å². The van der Waals surface area contributed by atoms with Gasteiger partial charge in [-0.1, -0.05) is 30.5 Å². The summed E-state index contributed by atoms with van der Waals surface area (Å²) >= 11 is 8.33. The van der Waals surface area contributed by atoms with Crippen molar-refractivity contribution in [2.24, 2.45) is 0 Å². The second-order valence-electron chi connectivity index (χ2n) is 4.11. The van der Waals surface area contributed by atoms with Crippen molar-refractivity contribution in [1.82, 2.24) is 5.32 Å². The van der Waals surface area contributed by atoms with Gasteiger partial charge in [-0.3, -0.25) is 0 Å². The number of hydrogen-bond donors (Lipinski definition) is 1. The second kappa shape index (κ2) is 5.51. The maximum atomic E-state index is 6.07. The first kappa shape index (κ1) is 11.7. The lowest BCUT2D eigenvalue weighted by atomic mass is 10.2. The van der Waals surface area contributed by atoms with Gasteiger partial charge in [0.1, 0.15) is 0 Å². The van der Waals surface area contributed by atoms with Gasteiger partial charge in [0, 0.05) is 16.2 Å². The van der Waals surface area contributed by atoms with Crippen LogP contribution >= 0.6 is 34.2 Å². The van der Waals surface area contributed by atoms with Crippen LogP contribution in [0.15, 0.2) is 18.2 Å². The van der Waals surface area contributed by atoms with Gasteiger partial charge >= 0.3 is 0 Å². The van der Waals surface area contributed by atoms with Crippen LogP contribution in [0.25, 0.3) is 0 Å². The Kier molecular flexibility index (Phi) is 4.29. The zero-order valence-corrected chi connectivity index (χ0v) is 11.5. The molecular formula is C12H15ClIN. The molecule has 0 aliphatic heterocycles. The fraction of sp³-hybridized carbons (Fsp3) is 0.500. The van der Waals surface area contributed by atoms with Crippen LogP contribution in [0.1, 0.15) is 31.2 Å². The van der Waals surface area contributed by atoms with Crippen molar-refractivity contribution in [2.45, 2.75) is 38.3 Å². The number of hydrogen-bond acceptors (Lipinski definition) is 1. The minimum atomic E-state index is 0.725. The molecule has 1 aliphatic carbocycles. The summed E-state index contributed by atoms with van der Waals surface area (Å²) < 4.78 is 1.12. The first-order valence-electron chi connectivity index (χ1n) is 5.43. The highest BCUT2D eigenvalue weighted by atomic mass is 127. The third kappa shape index (κ3) is 3.33. The minimum absolute atomic E-state index is 0.725. The summed E-state index contributed by atoms with van der Waals surface area (Å²) in [7, 11) is 0. The fourth-order valence-electron chi connectivity index (χ4n) is 2.04. The summed E-state index contributed by atoms with van der Waals surface area (Å²) in [6.45, 7) is 0.946. The number of nitrogens with one attached hydrogen (secondary N) is 1. The molecule has 0 heterocycles. The molecule has 15 heavy (non-hydrogen) atoms. The molecular weight excluding hydrogens is 320 g/mol. The van der Waals surface area contributed by atoms with Crippen molar-refractivity contribution < 1.29 is 0 Å². The van der Waals surface area contributed by atoms with Crippen LogP contribution in [0.2, 0.25) is 5.02 Å². The lowest BCUT2D eigenvalue weighted by molar-refractivity contribution is 0.524. The van der Waals surface area contributed by atoms with Crippen molar-refractivity contribution in [3.05, 3.63) is 32.4 Å². The Balaban J connectivity index is 1.90. The topological polar surface area (TPSA) is 12.0 Å². The molecule has 1 aromatic rings. The summed E-state index contributed by atoms with van der Waals surface area (Å²) in [6.07, 6.45) is 5.42. The third-order valence-corrected chi connectivity index (χ3v) is 4.51. The SMILES string of the molecule is Clc1cc(CNC2CCCC2)ccc1I. The summed E-state index contributed by atoms with van der Waals surface area (Å²) in [5.41, 5.74) is 1.28. The van der Waals surface area contributed by atoms with Crippen LogP contribution in [0.4, 0.5) is 0 Å². The van der Waals surface area contributed by atoms with E-state index in [0.717, 1.165) is 21.2 Å². The standard InChI is InChI=1S/C12H15ClIN/c13-11-7-9(5-6-12(11)14)8-15-10-3-1-2-4-10/h5-7,10,15H,1-4,8H2. The van der Waals surface area contributed by atoms with E-state index in [0.29, 0.717) is 0 Å². The molecule has 1 saturated carbocycles. The lowest BCUT2D eigenvalue weighted by Crippen LogP contribution is -2.25. The van der Waals surface area contributed by atoms with E-state index < -0.39 is 0 Å². The van der Waals surface area contributed by atoms with E-state index in [1.165, 1.54) is 31.2 Å². The van der Waals surface area contributed by atoms with Crippen LogP contribution in [0, 0.1) is 3.57 Å². The van der Waals surface area contributed by atoms with Crippen LogP contribution in [0.5, 0.6) is 0 Å². The Hall–Kier alpha value is 0.200. The fourth-order valence-corrected chi connectivity index (χ4v) is 2.58. The van der Waals surface area contributed by atoms with Crippen molar-refractivity contribution >= 4 is 34.2 Å². The van der Waals surface area contributed by atoms with Crippen molar-refractivity contribution in [1.29, 1.82) is 0 Å². The van der Waals surface area contributed by atoms with E-state index in [-0.39, 0.29) is 0 Å². The normalized spacial score (nSPS) is 17.2. The Bertz CT molecular complexity index is 334. The monoisotopic (exact) mass is 335 g/mol. The predicted molar refractivity (Wildman–Crippen MR) is 73.3 cm³/mol. The zero-order chi connectivity index (χ0) is 10.7. The average molecular weight is 336 g/mol. The number of benzene rings is 1. The Labute approximate surface area is 110 Å². The first-order valence-corrected chi connectivity index (χ1v) is 6.88. The van der Waals surface area contributed by atoms with Gasteiger partial charge < -0.3 is 5.32 Å². The second-order valence-corrected chi connectivity index (χ2v) is 5.68. The molecule has 0 amide bonds. The molecule has 0 spiro atoms. The van der Waals surface area contributed by atoms with Gasteiger partial charge in [0.05, 0.1) is 5.02 Å². The Morgan fingerprint density at radius 2 is 2.07 bits per heavy atom. The molecule has 3 heteroatoms. The maximum absolute atomic E-state index is 6.07. The smallest absolute Gasteiger partial charge is 0.0542 e. The molecule has 0 radical (unpaired) electrons. The third-order valence-electron chi connectivity index (χ3n) is 2.93. The van der Waals surface area contributed by atoms with E-state index >= 15 is 0 Å². The molecule has 0 saturated heterocycles. The van der Waals surface area contributed by atoms with Gasteiger partial charge in [0.25, 0.3) is 0 Å². The molecule has 0 unspecified atom stereocenters. The van der Waals surface area contributed by atoms with Gasteiger partial charge in [0.2, 0.25) is 0 Å². The summed E-state index contributed by atoms with van der Waals surface area (Å²) in [6, 6.07) is 7.01. The van der Waals surface area contributed by atoms with Crippen LogP contribution in [-0.4, -0.2) is 6.04 Å². The van der Waals surface area contributed by atoms with Gasteiger partial charge in [-0.2, -0.15) is 0 Å². The molecule has 1 fully saturated rings. The summed E-state index contributed by atoms with van der Waals surface area (Å²) in [5, 5.41) is 4.45. The average Bonchev–Trinajstić information content (AvgIpc) is 2.73. The van der Waals surface area contributed by atoms with E-state index in [1.54, 1.807) is 0 Å². The molecule has 82 valence electrons. The van der Waals surface area contributed by atoms with Crippen LogP contribution in [-0.2, 0) is 6.54 Å². The number of halogens is 2. The van der Waals surface area contributed by atoms with Crippen molar-refractivity contribution in [2.75, 3.05) is 0 Å². The van der Waals surface area contributed by atoms with Gasteiger partial charge in [-0.25, -0.2) is 0 Å². The molecule has 2 rings (SSSR count). The summed E-state index contributed by atoms with van der Waals surface area (Å²) in [4.78, 5) is 0. The van der Waals surface area contributed by atoms with Gasteiger partial charge in [-0.15, -0.1) is 0 Å². The first-order chi connectivity index (χ1) is 7.25. The molecule has 0 atom stereocenters. The van der Waals surface area contributed by atoms with Gasteiger partial charge in [-0.05, 0) is 53.1 Å². The molecule has 1 N–H and O–H groups in total. The van der Waals surface area contributed by atoms with Crippen LogP contribution < -0.4 is 5.32 Å². The van der Waals surface area contributed by atoms with E-state index in [1.807, 2.05) is 0 Å². The highest BCUT2D eigenvalue weighted by molar-refractivity contribution is 14.1. The molecule has 1 aliphatic rings. The van der Waals surface area contributed by atoms with Crippen molar-refractivity contribution in [3.63, 3.8) is 0 Å². The Morgan fingerprint density at radius 3 is 2.73 bits per heavy atom. The molecule has 1 nitrogen and oxygen atoms in total. The van der Waals surface area contributed by atoms with Crippen molar-refractivity contribution in [3.8, 4) is 0 Å². The zero-order valence-electron chi connectivity index (χ0n) is 8.60. The van der Waals surface area contributed by atoms with Gasteiger partial charge in [0.15, 0.2) is 0 Å². The lowest BCUT2D eigenvalue weighted by Gasteiger charge is -2.11. The quantitative estimate of drug-likeness (QED) is 0.824. The maximum Gasteiger partial charge on any atom is 0.0542 e. The summed E-state index contributed by atoms with van der Waals surface area (Å²) in [5.74, 6) is 0. The predicted octanol–water partition coefficient (Wildman–Crippen LogP) is 3.98. The van der Waals surface area contributed by atoms with Crippen LogP contribution in [0.3, 0.4) is 0 Å². The molecule has 0 bridgehead atoms. The molecule has 0 aromatic heterocycles.